The Morgan fingerprint density at radius 1 is 0.300 bits per heavy atom. The van der Waals surface area contributed by atoms with Crippen LogP contribution < -0.4 is 14.4 Å². The molecule has 2 aliphatic carbocycles. The van der Waals surface area contributed by atoms with Gasteiger partial charge in [-0.15, -0.1) is 0 Å². The molecule has 0 N–H and O–H groups in total. The molecule has 80 heavy (non-hydrogen) atoms. The van der Waals surface area contributed by atoms with E-state index in [9.17, 15) is 0 Å². The zero-order valence-electron chi connectivity index (χ0n) is 42.8. The number of fused-ring (bicyclic) bond motifs is 6. The van der Waals surface area contributed by atoms with E-state index < -0.39 is 39.9 Å². The molecule has 11 aromatic carbocycles. The van der Waals surface area contributed by atoms with Gasteiger partial charge < -0.3 is 14.4 Å². The minimum absolute atomic E-state index is 0.366. The van der Waals surface area contributed by atoms with Gasteiger partial charge in [-0.05, 0) is 199 Å². The topological polar surface area (TPSA) is 21.7 Å². The first-order valence-corrected chi connectivity index (χ1v) is 26.0. The van der Waals surface area contributed by atoms with Crippen LogP contribution in [0, 0.1) is 29.1 Å². The van der Waals surface area contributed by atoms with Crippen molar-refractivity contribution in [2.45, 2.75) is 10.8 Å². The van der Waals surface area contributed by atoms with E-state index in [-0.39, 0.29) is 0 Å². The van der Waals surface area contributed by atoms with Crippen molar-refractivity contribution in [3.05, 3.63) is 341 Å². The molecule has 13 rings (SSSR count). The smallest absolute Gasteiger partial charge is 0.127 e. The average Bonchev–Trinajstić information content (AvgIpc) is 4.09. The number of nitrogens with zero attached hydrogens (tertiary/aromatic N) is 1. The normalized spacial score (nSPS) is 15.5. The van der Waals surface area contributed by atoms with Gasteiger partial charge in [0.25, 0.3) is 0 Å². The van der Waals surface area contributed by atoms with E-state index in [2.05, 4.69) is 13.2 Å². The lowest BCUT2D eigenvalue weighted by Gasteiger charge is -2.36. The molecule has 2 atom stereocenters. The molecule has 0 amide bonds. The maximum Gasteiger partial charge on any atom is 0.127 e. The van der Waals surface area contributed by atoms with Gasteiger partial charge in [0.15, 0.2) is 0 Å². The molecule has 0 saturated heterocycles. The maximum atomic E-state index is 15.9. The summed E-state index contributed by atoms with van der Waals surface area (Å²) in [5.41, 5.74) is 9.87. The van der Waals surface area contributed by atoms with Gasteiger partial charge >= 0.3 is 0 Å². The van der Waals surface area contributed by atoms with Crippen LogP contribution in [0.15, 0.2) is 256 Å². The van der Waals surface area contributed by atoms with Crippen molar-refractivity contribution in [1.82, 2.24) is 0 Å². The van der Waals surface area contributed by atoms with Crippen LogP contribution in [0.1, 0.15) is 55.6 Å². The third kappa shape index (κ3) is 8.27. The van der Waals surface area contributed by atoms with Crippen LogP contribution in [-0.2, 0) is 10.8 Å². The number of hydrogen-bond donors (Lipinski definition) is 0. The molecule has 3 nitrogen and oxygen atoms in total. The zero-order valence-corrected chi connectivity index (χ0v) is 42.8. The Morgan fingerprint density at radius 3 is 1.01 bits per heavy atom. The highest BCUT2D eigenvalue weighted by atomic mass is 19.1. The van der Waals surface area contributed by atoms with Crippen molar-refractivity contribution in [2.75, 3.05) is 4.90 Å². The summed E-state index contributed by atoms with van der Waals surface area (Å²) in [4.78, 5) is 2.00. The van der Waals surface area contributed by atoms with Crippen molar-refractivity contribution < 1.29 is 31.4 Å². The van der Waals surface area contributed by atoms with E-state index >= 15 is 22.0 Å². The molecule has 0 aromatic heterocycles. The fraction of sp³-hybridized carbons (Fsp3) is 0.0278. The lowest BCUT2D eigenvalue weighted by Crippen LogP contribution is -2.29. The second kappa shape index (κ2) is 19.8. The van der Waals surface area contributed by atoms with Gasteiger partial charge in [0, 0.05) is 29.2 Å². The van der Waals surface area contributed by atoms with Crippen molar-refractivity contribution in [3.8, 4) is 45.3 Å². The Bertz CT molecular complexity index is 3920. The van der Waals surface area contributed by atoms with Crippen molar-refractivity contribution in [1.29, 1.82) is 0 Å². The number of ether oxygens (including phenoxy) is 2. The fourth-order valence-electron chi connectivity index (χ4n) is 12.1. The first kappa shape index (κ1) is 49.5. The highest BCUT2D eigenvalue weighted by Gasteiger charge is 2.49. The molecule has 0 heterocycles. The Labute approximate surface area is 460 Å². The number of halogens is 5. The van der Waals surface area contributed by atoms with Crippen LogP contribution in [0.5, 0.6) is 23.0 Å². The summed E-state index contributed by atoms with van der Waals surface area (Å²) in [6, 6.07) is 71.5. The molecule has 2 aliphatic rings. The number of rotatable bonds is 13. The van der Waals surface area contributed by atoms with Gasteiger partial charge in [0.1, 0.15) is 52.1 Å². The predicted molar refractivity (Wildman–Crippen MR) is 309 cm³/mol. The van der Waals surface area contributed by atoms with Crippen LogP contribution in [0.4, 0.5) is 39.0 Å². The summed E-state index contributed by atoms with van der Waals surface area (Å²) >= 11 is 0. The monoisotopic (exact) mass is 1050 g/mol. The molecule has 8 heteroatoms. The van der Waals surface area contributed by atoms with E-state index in [1.165, 1.54) is 36.4 Å². The summed E-state index contributed by atoms with van der Waals surface area (Å²) in [5, 5.41) is 0. The van der Waals surface area contributed by atoms with Crippen molar-refractivity contribution in [3.63, 3.8) is 0 Å². The lowest BCUT2D eigenvalue weighted by atomic mass is 9.67. The molecule has 386 valence electrons. The van der Waals surface area contributed by atoms with Crippen molar-refractivity contribution >= 4 is 29.2 Å². The van der Waals surface area contributed by atoms with E-state index in [1.807, 2.05) is 187 Å². The van der Waals surface area contributed by atoms with Gasteiger partial charge in [-0.3, -0.25) is 0 Å². The number of hydrogen-bond acceptors (Lipinski definition) is 3. The molecule has 0 fully saturated rings. The lowest BCUT2D eigenvalue weighted by molar-refractivity contribution is 0.482. The molecule has 0 aliphatic heterocycles. The van der Waals surface area contributed by atoms with Crippen LogP contribution >= 0.6 is 0 Å². The van der Waals surface area contributed by atoms with Crippen LogP contribution in [0.3, 0.4) is 0 Å². The summed E-state index contributed by atoms with van der Waals surface area (Å²) in [7, 11) is 0. The largest absolute Gasteiger partial charge is 0.457 e. The maximum absolute atomic E-state index is 15.9. The summed E-state index contributed by atoms with van der Waals surface area (Å²) < 4.78 is 91.3. The first-order chi connectivity index (χ1) is 39.0. The van der Waals surface area contributed by atoms with E-state index in [0.29, 0.717) is 51.2 Å². The molecule has 2 unspecified atom stereocenters. The highest BCUT2D eigenvalue weighted by Crippen LogP contribution is 2.60. The van der Waals surface area contributed by atoms with Crippen LogP contribution in [0.2, 0.25) is 0 Å². The highest BCUT2D eigenvalue weighted by molar-refractivity contribution is 5.92. The van der Waals surface area contributed by atoms with Crippen molar-refractivity contribution in [2.24, 2.45) is 0 Å². The number of anilines is 3. The molecule has 11 aromatic rings. The molecular weight excluding hydrogens is 1010 g/mol. The minimum atomic E-state index is -1.29. The Morgan fingerprint density at radius 2 is 0.637 bits per heavy atom. The number of benzene rings is 11. The first-order valence-electron chi connectivity index (χ1n) is 26.0. The quantitative estimate of drug-likeness (QED) is 0.107. The van der Waals surface area contributed by atoms with E-state index in [0.717, 1.165) is 78.9 Å². The molecule has 0 spiro atoms. The van der Waals surface area contributed by atoms with Gasteiger partial charge in [-0.25, -0.2) is 22.0 Å². The second-order valence-corrected chi connectivity index (χ2v) is 20.0. The predicted octanol–water partition coefficient (Wildman–Crippen LogP) is 19.4. The molecular formula is C72H46F5NO2. The van der Waals surface area contributed by atoms with E-state index in [1.54, 1.807) is 24.3 Å². The fourth-order valence-corrected chi connectivity index (χ4v) is 12.1. The molecule has 0 bridgehead atoms. The van der Waals surface area contributed by atoms with E-state index in [4.69, 9.17) is 9.47 Å². The Hall–Kier alpha value is -10.1. The summed E-state index contributed by atoms with van der Waals surface area (Å²) in [5.74, 6) is -1.04. The zero-order chi connectivity index (χ0) is 54.7. The molecule has 0 saturated carbocycles. The van der Waals surface area contributed by atoms with Gasteiger partial charge in [-0.1, -0.05) is 135 Å². The van der Waals surface area contributed by atoms with Gasteiger partial charge in [0.05, 0.1) is 10.8 Å². The minimum Gasteiger partial charge on any atom is -0.457 e. The van der Waals surface area contributed by atoms with Gasteiger partial charge in [0.2, 0.25) is 0 Å². The summed E-state index contributed by atoms with van der Waals surface area (Å²) in [6.07, 6.45) is 3.51. The standard InChI is InChI=1S/C72H46F5NO2/c1-3-45-13-27-59(28-14-45)79-61-31-17-47(18-32-61)71(49-37-52(74)41-53(75)38-49)67-11-7-5-9-63(67)65-35-25-57(43-69(65)71)78(56-23-21-51(73)22-24-56)58-26-36-66-64-10-6-8-12-68(64)72(70(66)44-58,50-39-54(76)42-55(77)40-50)48-19-33-62(34-20-48)80-60-29-15-46(4-2)16-30-60/h3-44H,1-2H2. The van der Waals surface area contributed by atoms with Crippen LogP contribution in [-0.4, -0.2) is 0 Å². The molecule has 0 radical (unpaired) electrons. The second-order valence-electron chi connectivity index (χ2n) is 20.0. The SMILES string of the molecule is C=Cc1ccc(Oc2ccc(C3(c4cc(F)cc(F)c4)c4ccccc4-c4ccc(N(c5ccc(F)cc5)c5ccc6c(c5)C(c5ccc(Oc7ccc(C=C)cc7)cc5)(c5cc(F)cc(F)c5)c5ccccc5-6)cc43)cc2)cc1. The van der Waals surface area contributed by atoms with Crippen LogP contribution in [0.25, 0.3) is 34.4 Å². The van der Waals surface area contributed by atoms with Gasteiger partial charge in [-0.2, -0.15) is 0 Å². The third-order valence-corrected chi connectivity index (χ3v) is 15.5. The average molecular weight is 1050 g/mol. The Balaban J connectivity index is 1.01. The summed E-state index contributed by atoms with van der Waals surface area (Å²) in [6.45, 7) is 7.70. The third-order valence-electron chi connectivity index (χ3n) is 15.5. The Kier molecular flexibility index (Phi) is 12.2.